The van der Waals surface area contributed by atoms with Gasteiger partial charge in [0.2, 0.25) is 0 Å². The molecule has 1 aliphatic carbocycles. The van der Waals surface area contributed by atoms with E-state index in [1.807, 2.05) is 0 Å². The average Bonchev–Trinajstić information content (AvgIpc) is 2.08. The van der Waals surface area contributed by atoms with Gasteiger partial charge in [0.25, 0.3) is 0 Å². The van der Waals surface area contributed by atoms with E-state index in [0.717, 1.165) is 6.92 Å². The monoisotopic (exact) mass is 184 g/mol. The van der Waals surface area contributed by atoms with Crippen LogP contribution in [0.5, 0.6) is 0 Å². The van der Waals surface area contributed by atoms with Gasteiger partial charge in [0, 0.05) is 5.57 Å². The third-order valence-electron chi connectivity index (χ3n) is 1.64. The summed E-state index contributed by atoms with van der Waals surface area (Å²) in [6, 6.07) is 0. The minimum Gasteiger partial charge on any atom is -0.236 e. The van der Waals surface area contributed by atoms with Crippen LogP contribution in [-0.2, 0) is 0 Å². The molecular weight excluding hydrogens is 179 g/mol. The molecule has 0 bridgehead atoms. The number of hydrogen-bond acceptors (Lipinski definition) is 0. The van der Waals surface area contributed by atoms with Gasteiger partial charge in [0.15, 0.2) is 24.0 Å². The van der Waals surface area contributed by atoms with Crippen molar-refractivity contribution in [1.29, 1.82) is 0 Å². The van der Waals surface area contributed by atoms with Crippen molar-refractivity contribution in [3.63, 3.8) is 0 Å². The van der Waals surface area contributed by atoms with Crippen LogP contribution in [0, 0.1) is 0 Å². The number of halogens is 5. The van der Waals surface area contributed by atoms with Gasteiger partial charge in [-0.1, -0.05) is 0 Å². The Morgan fingerprint density at radius 2 is 1.33 bits per heavy atom. The highest BCUT2D eigenvalue weighted by Gasteiger charge is 2.38. The molecule has 2 unspecified atom stereocenters. The second-order valence-corrected chi connectivity index (χ2v) is 2.44. The first-order valence-corrected chi connectivity index (χ1v) is 3.16. The molecule has 0 spiro atoms. The Labute approximate surface area is 65.4 Å². The van der Waals surface area contributed by atoms with Gasteiger partial charge in [-0.15, -0.1) is 0 Å². The van der Waals surface area contributed by atoms with Crippen molar-refractivity contribution < 1.29 is 22.0 Å². The summed E-state index contributed by atoms with van der Waals surface area (Å²) in [5.74, 6) is -5.10. The SMILES string of the molecule is CC1=C(F)C(F)C(F)C(F)=C1F. The van der Waals surface area contributed by atoms with Gasteiger partial charge in [0.05, 0.1) is 0 Å². The summed E-state index contributed by atoms with van der Waals surface area (Å²) in [6.45, 7) is 0.850. The molecule has 0 heterocycles. The number of rotatable bonds is 0. The first-order chi connectivity index (χ1) is 5.46. The molecule has 0 aromatic rings. The zero-order valence-corrected chi connectivity index (χ0v) is 6.04. The summed E-state index contributed by atoms with van der Waals surface area (Å²) < 4.78 is 62.0. The Kier molecular flexibility index (Phi) is 2.21. The van der Waals surface area contributed by atoms with E-state index < -0.39 is 35.4 Å². The Balaban J connectivity index is 3.18. The van der Waals surface area contributed by atoms with Gasteiger partial charge in [-0.2, -0.15) is 0 Å². The fraction of sp³-hybridized carbons (Fsp3) is 0.429. The number of allylic oxidation sites excluding steroid dienone is 4. The quantitative estimate of drug-likeness (QED) is 0.507. The van der Waals surface area contributed by atoms with E-state index in [1.165, 1.54) is 0 Å². The van der Waals surface area contributed by atoms with E-state index in [4.69, 9.17) is 0 Å². The lowest BCUT2D eigenvalue weighted by Gasteiger charge is -2.17. The molecular formula is C7H5F5. The molecule has 0 N–H and O–H groups in total. The molecule has 0 nitrogen and oxygen atoms in total. The van der Waals surface area contributed by atoms with Crippen molar-refractivity contribution >= 4 is 0 Å². The van der Waals surface area contributed by atoms with Crippen LogP contribution in [0.4, 0.5) is 22.0 Å². The maximum absolute atomic E-state index is 12.5. The molecule has 0 fully saturated rings. The van der Waals surface area contributed by atoms with Crippen LogP contribution in [0.2, 0.25) is 0 Å². The molecule has 68 valence electrons. The molecule has 2 atom stereocenters. The molecule has 1 aliphatic rings. The highest BCUT2D eigenvalue weighted by Crippen LogP contribution is 2.36. The molecule has 0 aromatic heterocycles. The second kappa shape index (κ2) is 2.88. The van der Waals surface area contributed by atoms with Crippen molar-refractivity contribution in [3.8, 4) is 0 Å². The third kappa shape index (κ3) is 1.13. The van der Waals surface area contributed by atoms with Crippen molar-refractivity contribution in [2.75, 3.05) is 0 Å². The van der Waals surface area contributed by atoms with Gasteiger partial charge < -0.3 is 0 Å². The Bertz CT molecular complexity index is 237. The smallest absolute Gasteiger partial charge is 0.192 e. The maximum atomic E-state index is 12.5. The van der Waals surface area contributed by atoms with Crippen LogP contribution < -0.4 is 0 Å². The van der Waals surface area contributed by atoms with E-state index in [0.29, 0.717) is 0 Å². The first kappa shape index (κ1) is 9.22. The van der Waals surface area contributed by atoms with Crippen LogP contribution in [0.15, 0.2) is 23.1 Å². The van der Waals surface area contributed by atoms with Crippen molar-refractivity contribution in [3.05, 3.63) is 23.1 Å². The summed E-state index contributed by atoms with van der Waals surface area (Å²) in [5.41, 5.74) is -0.811. The molecule has 0 radical (unpaired) electrons. The minimum absolute atomic E-state index is 0.811. The van der Waals surface area contributed by atoms with Gasteiger partial charge >= 0.3 is 0 Å². The summed E-state index contributed by atoms with van der Waals surface area (Å²) in [4.78, 5) is 0. The zero-order valence-electron chi connectivity index (χ0n) is 6.04. The fourth-order valence-electron chi connectivity index (χ4n) is 0.869. The minimum atomic E-state index is -2.85. The van der Waals surface area contributed by atoms with Gasteiger partial charge in [-0.05, 0) is 6.92 Å². The first-order valence-electron chi connectivity index (χ1n) is 3.16. The van der Waals surface area contributed by atoms with Gasteiger partial charge in [0.1, 0.15) is 5.83 Å². The Morgan fingerprint density at radius 3 is 1.83 bits per heavy atom. The molecule has 0 saturated heterocycles. The van der Waals surface area contributed by atoms with Crippen molar-refractivity contribution in [2.24, 2.45) is 0 Å². The predicted octanol–water partition coefficient (Wildman–Crippen LogP) is 3.07. The van der Waals surface area contributed by atoms with Crippen LogP contribution in [0.1, 0.15) is 6.92 Å². The van der Waals surface area contributed by atoms with Crippen LogP contribution in [0.3, 0.4) is 0 Å². The predicted molar refractivity (Wildman–Crippen MR) is 32.8 cm³/mol. The lowest BCUT2D eigenvalue weighted by Crippen LogP contribution is -2.24. The molecule has 5 heteroatoms. The van der Waals surface area contributed by atoms with E-state index in [1.54, 1.807) is 0 Å². The Morgan fingerprint density at radius 1 is 0.917 bits per heavy atom. The summed E-state index contributed by atoms with van der Waals surface area (Å²) in [7, 11) is 0. The highest BCUT2D eigenvalue weighted by molar-refractivity contribution is 5.37. The molecule has 0 amide bonds. The second-order valence-electron chi connectivity index (χ2n) is 2.44. The summed E-state index contributed by atoms with van der Waals surface area (Å²) >= 11 is 0. The van der Waals surface area contributed by atoms with Gasteiger partial charge in [-0.3, -0.25) is 0 Å². The average molecular weight is 184 g/mol. The van der Waals surface area contributed by atoms with Crippen LogP contribution in [-0.4, -0.2) is 12.3 Å². The van der Waals surface area contributed by atoms with Crippen LogP contribution >= 0.6 is 0 Å². The topological polar surface area (TPSA) is 0 Å². The lowest BCUT2D eigenvalue weighted by atomic mass is 10.0. The largest absolute Gasteiger partial charge is 0.236 e. The zero-order chi connectivity index (χ0) is 9.46. The summed E-state index contributed by atoms with van der Waals surface area (Å²) in [5, 5.41) is 0. The van der Waals surface area contributed by atoms with Crippen molar-refractivity contribution in [1.82, 2.24) is 0 Å². The number of alkyl halides is 2. The lowest BCUT2D eigenvalue weighted by molar-refractivity contribution is 0.165. The normalized spacial score (nSPS) is 31.5. The number of hydrogen-bond donors (Lipinski definition) is 0. The molecule has 1 rings (SSSR count). The van der Waals surface area contributed by atoms with E-state index in [-0.39, 0.29) is 0 Å². The molecule has 0 aromatic carbocycles. The van der Waals surface area contributed by atoms with E-state index >= 15 is 0 Å². The third-order valence-corrected chi connectivity index (χ3v) is 1.64. The van der Waals surface area contributed by atoms with Gasteiger partial charge in [-0.25, -0.2) is 22.0 Å². The Hall–Kier alpha value is -0.870. The van der Waals surface area contributed by atoms with E-state index in [9.17, 15) is 22.0 Å². The highest BCUT2D eigenvalue weighted by atomic mass is 19.2. The fourth-order valence-corrected chi connectivity index (χ4v) is 0.869. The standard InChI is InChI=1S/C7H5F5/c1-2-3(8)5(10)7(12)6(11)4(2)9/h5,7H,1H3. The maximum Gasteiger partial charge on any atom is 0.192 e. The summed E-state index contributed by atoms with van der Waals surface area (Å²) in [6.07, 6.45) is -5.57. The molecule has 0 saturated carbocycles. The molecule has 0 aliphatic heterocycles. The van der Waals surface area contributed by atoms with Crippen LogP contribution in [0.25, 0.3) is 0 Å². The molecule has 12 heavy (non-hydrogen) atoms. The van der Waals surface area contributed by atoms with E-state index in [2.05, 4.69) is 0 Å². The van der Waals surface area contributed by atoms with Crippen molar-refractivity contribution in [2.45, 2.75) is 19.3 Å².